The van der Waals surface area contributed by atoms with Crippen molar-refractivity contribution in [1.82, 2.24) is 4.72 Å². The van der Waals surface area contributed by atoms with Gasteiger partial charge in [-0.1, -0.05) is 6.07 Å². The number of hydrogen-bond donors (Lipinski definition) is 1. The van der Waals surface area contributed by atoms with Gasteiger partial charge in [-0.15, -0.1) is 0 Å². The summed E-state index contributed by atoms with van der Waals surface area (Å²) in [6, 6.07) is 7.78. The van der Waals surface area contributed by atoms with Gasteiger partial charge in [0.2, 0.25) is 10.0 Å². The Morgan fingerprint density at radius 1 is 1.44 bits per heavy atom. The molecular formula is C12H16N2O3S. The fourth-order valence-corrected chi connectivity index (χ4v) is 2.40. The smallest absolute Gasteiger partial charge is 0.240 e. The molecule has 0 aliphatic rings. The molecule has 0 radical (unpaired) electrons. The van der Waals surface area contributed by atoms with Crippen LogP contribution >= 0.6 is 0 Å². The average molecular weight is 268 g/mol. The Morgan fingerprint density at radius 3 is 2.67 bits per heavy atom. The van der Waals surface area contributed by atoms with E-state index in [1.54, 1.807) is 19.9 Å². The van der Waals surface area contributed by atoms with E-state index < -0.39 is 15.6 Å². The standard InChI is InChI=1S/C12H16N2O3S/c1-12(2,17-3)9-14-18(15,16)11-6-4-5-10(7-11)8-13/h4-7,14H,9H2,1-3H3. The molecule has 0 saturated carbocycles. The highest BCUT2D eigenvalue weighted by atomic mass is 32.2. The number of ether oxygens (including phenoxy) is 1. The lowest BCUT2D eigenvalue weighted by Gasteiger charge is -2.23. The first-order valence-electron chi connectivity index (χ1n) is 5.36. The van der Waals surface area contributed by atoms with Crippen molar-refractivity contribution in [1.29, 1.82) is 5.26 Å². The summed E-state index contributed by atoms with van der Waals surface area (Å²) in [5.74, 6) is 0. The zero-order valence-corrected chi connectivity index (χ0v) is 11.4. The number of methoxy groups -OCH3 is 1. The molecule has 0 spiro atoms. The SMILES string of the molecule is COC(C)(C)CNS(=O)(=O)c1cccc(C#N)c1. The lowest BCUT2D eigenvalue weighted by molar-refractivity contribution is 0.0276. The number of sulfonamides is 1. The molecule has 0 aromatic heterocycles. The van der Waals surface area contributed by atoms with Gasteiger partial charge in [0.05, 0.1) is 22.1 Å². The van der Waals surface area contributed by atoms with Crippen LogP contribution in [-0.4, -0.2) is 27.7 Å². The summed E-state index contributed by atoms with van der Waals surface area (Å²) >= 11 is 0. The Bertz CT molecular complexity index is 559. The van der Waals surface area contributed by atoms with Gasteiger partial charge in [-0.2, -0.15) is 5.26 Å². The van der Waals surface area contributed by atoms with E-state index in [0.29, 0.717) is 5.56 Å². The summed E-state index contributed by atoms with van der Waals surface area (Å²) in [4.78, 5) is 0.0773. The lowest BCUT2D eigenvalue weighted by Crippen LogP contribution is -2.39. The summed E-state index contributed by atoms with van der Waals surface area (Å²) in [6.07, 6.45) is 0. The van der Waals surface area contributed by atoms with Crippen LogP contribution in [0.3, 0.4) is 0 Å². The van der Waals surface area contributed by atoms with Crippen LogP contribution in [-0.2, 0) is 14.8 Å². The second-order valence-corrected chi connectivity index (χ2v) is 6.19. The summed E-state index contributed by atoms with van der Waals surface area (Å²) < 4.78 is 31.6. The van der Waals surface area contributed by atoms with Crippen LogP contribution in [0.15, 0.2) is 29.2 Å². The number of hydrogen-bond acceptors (Lipinski definition) is 4. The van der Waals surface area contributed by atoms with E-state index in [-0.39, 0.29) is 11.4 Å². The fraction of sp³-hybridized carbons (Fsp3) is 0.417. The van der Waals surface area contributed by atoms with E-state index in [0.717, 1.165) is 0 Å². The maximum Gasteiger partial charge on any atom is 0.240 e. The second kappa shape index (κ2) is 5.48. The molecule has 0 unspecified atom stereocenters. The lowest BCUT2D eigenvalue weighted by atomic mass is 10.1. The highest BCUT2D eigenvalue weighted by Crippen LogP contribution is 2.12. The predicted octanol–water partition coefficient (Wildman–Crippen LogP) is 1.26. The number of nitrogens with zero attached hydrogens (tertiary/aromatic N) is 1. The molecule has 0 amide bonds. The zero-order chi connectivity index (χ0) is 13.8. The highest BCUT2D eigenvalue weighted by Gasteiger charge is 2.21. The van der Waals surface area contributed by atoms with Gasteiger partial charge in [0, 0.05) is 13.7 Å². The van der Waals surface area contributed by atoms with Crippen LogP contribution in [0.1, 0.15) is 19.4 Å². The Morgan fingerprint density at radius 2 is 2.11 bits per heavy atom. The van der Waals surface area contributed by atoms with Crippen LogP contribution in [0.4, 0.5) is 0 Å². The summed E-state index contributed by atoms with van der Waals surface area (Å²) in [5.41, 5.74) is -0.274. The van der Waals surface area contributed by atoms with Gasteiger partial charge in [-0.3, -0.25) is 0 Å². The third-order valence-electron chi connectivity index (χ3n) is 2.51. The summed E-state index contributed by atoms with van der Waals surface area (Å²) in [6.45, 7) is 3.71. The van der Waals surface area contributed by atoms with Gasteiger partial charge in [0.15, 0.2) is 0 Å². The van der Waals surface area contributed by atoms with Crippen molar-refractivity contribution in [3.8, 4) is 6.07 Å². The fourth-order valence-electron chi connectivity index (χ4n) is 1.16. The van der Waals surface area contributed by atoms with Crippen molar-refractivity contribution in [3.05, 3.63) is 29.8 Å². The van der Waals surface area contributed by atoms with Crippen LogP contribution in [0.2, 0.25) is 0 Å². The van der Waals surface area contributed by atoms with Gasteiger partial charge < -0.3 is 4.74 Å². The quantitative estimate of drug-likeness (QED) is 0.872. The molecular weight excluding hydrogens is 252 g/mol. The largest absolute Gasteiger partial charge is 0.377 e. The molecule has 6 heteroatoms. The van der Waals surface area contributed by atoms with Gasteiger partial charge in [-0.25, -0.2) is 13.1 Å². The number of rotatable bonds is 5. The Hall–Kier alpha value is -1.42. The van der Waals surface area contributed by atoms with E-state index in [4.69, 9.17) is 10.00 Å². The highest BCUT2D eigenvalue weighted by molar-refractivity contribution is 7.89. The molecule has 0 atom stereocenters. The van der Waals surface area contributed by atoms with Crippen molar-refractivity contribution < 1.29 is 13.2 Å². The third-order valence-corrected chi connectivity index (χ3v) is 3.91. The molecule has 18 heavy (non-hydrogen) atoms. The van der Waals surface area contributed by atoms with E-state index >= 15 is 0 Å². The van der Waals surface area contributed by atoms with Crippen molar-refractivity contribution in [2.24, 2.45) is 0 Å². The predicted molar refractivity (Wildman–Crippen MR) is 67.4 cm³/mol. The minimum absolute atomic E-state index is 0.0773. The minimum atomic E-state index is -3.62. The first-order chi connectivity index (χ1) is 8.30. The van der Waals surface area contributed by atoms with Gasteiger partial charge >= 0.3 is 0 Å². The molecule has 0 heterocycles. The van der Waals surface area contributed by atoms with Crippen molar-refractivity contribution >= 4 is 10.0 Å². The maximum atomic E-state index is 12.0. The van der Waals surface area contributed by atoms with Crippen molar-refractivity contribution in [2.75, 3.05) is 13.7 Å². The van der Waals surface area contributed by atoms with Crippen LogP contribution in [0.5, 0.6) is 0 Å². The normalized spacial score (nSPS) is 12.1. The molecule has 0 aliphatic heterocycles. The second-order valence-electron chi connectivity index (χ2n) is 4.43. The molecule has 98 valence electrons. The van der Waals surface area contributed by atoms with Crippen molar-refractivity contribution in [2.45, 2.75) is 24.3 Å². The Kier molecular flexibility index (Phi) is 4.46. The zero-order valence-electron chi connectivity index (χ0n) is 10.6. The molecule has 1 N–H and O–H groups in total. The number of nitriles is 1. The Labute approximate surface area is 107 Å². The molecule has 1 rings (SSSR count). The molecule has 1 aromatic rings. The molecule has 5 nitrogen and oxygen atoms in total. The van der Waals surface area contributed by atoms with Gasteiger partial charge in [0.1, 0.15) is 0 Å². The van der Waals surface area contributed by atoms with Gasteiger partial charge in [0.25, 0.3) is 0 Å². The molecule has 0 fully saturated rings. The summed E-state index contributed by atoms with van der Waals surface area (Å²) in [5, 5.41) is 8.74. The van der Waals surface area contributed by atoms with E-state index in [1.807, 2.05) is 6.07 Å². The van der Waals surface area contributed by atoms with Crippen LogP contribution in [0.25, 0.3) is 0 Å². The number of benzene rings is 1. The molecule has 0 bridgehead atoms. The topological polar surface area (TPSA) is 79.2 Å². The maximum absolute atomic E-state index is 12.0. The number of nitrogens with one attached hydrogen (secondary N) is 1. The third kappa shape index (κ3) is 3.81. The minimum Gasteiger partial charge on any atom is -0.377 e. The van der Waals surface area contributed by atoms with E-state index in [9.17, 15) is 8.42 Å². The van der Waals surface area contributed by atoms with E-state index in [1.165, 1.54) is 25.3 Å². The monoisotopic (exact) mass is 268 g/mol. The first-order valence-corrected chi connectivity index (χ1v) is 6.84. The molecule has 0 aliphatic carbocycles. The van der Waals surface area contributed by atoms with Crippen LogP contribution < -0.4 is 4.72 Å². The van der Waals surface area contributed by atoms with Gasteiger partial charge in [-0.05, 0) is 32.0 Å². The van der Waals surface area contributed by atoms with E-state index in [2.05, 4.69) is 4.72 Å². The Balaban J connectivity index is 2.91. The molecule has 1 aromatic carbocycles. The van der Waals surface area contributed by atoms with Crippen molar-refractivity contribution in [3.63, 3.8) is 0 Å². The van der Waals surface area contributed by atoms with Crippen LogP contribution in [0, 0.1) is 11.3 Å². The molecule has 0 saturated heterocycles. The summed E-state index contributed by atoms with van der Waals surface area (Å²) in [7, 11) is -2.10. The average Bonchev–Trinajstić information content (AvgIpc) is 2.37. The first kappa shape index (κ1) is 14.6.